The molecule has 0 unspecified atom stereocenters. The second-order valence-electron chi connectivity index (χ2n) is 27.6. The molecule has 8 aromatic carbocycles. The molecule has 3 heteroatoms. The van der Waals surface area contributed by atoms with Crippen LogP contribution in [0.5, 0.6) is 0 Å². The summed E-state index contributed by atoms with van der Waals surface area (Å²) in [6, 6.07) is 66.5. The van der Waals surface area contributed by atoms with E-state index < -0.39 is 0 Å². The normalized spacial score (nSPS) is 15.8. The minimum absolute atomic E-state index is 0.0101. The molecule has 0 radical (unpaired) electrons. The van der Waals surface area contributed by atoms with Crippen LogP contribution in [-0.2, 0) is 32.5 Å². The Morgan fingerprint density at radius 1 is 0.408 bits per heavy atom. The van der Waals surface area contributed by atoms with E-state index >= 15 is 0 Å². The molecule has 11 rings (SSSR count). The lowest BCUT2D eigenvalue weighted by atomic mass is 9.33. The van der Waals surface area contributed by atoms with Gasteiger partial charge >= 0.3 is 0 Å². The first kappa shape index (κ1) is 51.5. The molecule has 0 saturated heterocycles. The van der Waals surface area contributed by atoms with E-state index in [4.69, 9.17) is 0 Å². The number of rotatable bonds is 8. The quantitative estimate of drug-likeness (QED) is 0.140. The SMILES string of the molecule is CC(C)c1cc2c3c(c1)N(c1ccc(C(C)(C)C)cc1-c1ccc(C(C)(C)C)cc1)c1cc4c(cc1B3c1ccc(C(C)(C)c3ccccc3)cc1N2c1cccc(C(C)(C)c2ccccc2)c1)C(C)(C)CCC4(C)C. The fourth-order valence-electron chi connectivity index (χ4n) is 13.0. The molecule has 0 fully saturated rings. The van der Waals surface area contributed by atoms with Crippen LogP contribution < -0.4 is 26.2 Å². The summed E-state index contributed by atoms with van der Waals surface area (Å²) < 4.78 is 0. The van der Waals surface area contributed by atoms with Crippen LogP contribution in [-0.4, -0.2) is 6.71 Å². The van der Waals surface area contributed by atoms with Gasteiger partial charge in [-0.25, -0.2) is 0 Å². The summed E-state index contributed by atoms with van der Waals surface area (Å²) in [5.41, 5.74) is 25.8. The maximum absolute atomic E-state index is 2.72. The van der Waals surface area contributed by atoms with Crippen LogP contribution in [0.15, 0.2) is 170 Å². The lowest BCUT2D eigenvalue weighted by Gasteiger charge is -2.48. The summed E-state index contributed by atoms with van der Waals surface area (Å²) >= 11 is 0. The number of nitrogens with zero attached hydrogens (tertiary/aromatic N) is 2. The van der Waals surface area contributed by atoms with Crippen molar-refractivity contribution in [2.75, 3.05) is 9.80 Å². The van der Waals surface area contributed by atoms with Crippen molar-refractivity contribution in [1.29, 1.82) is 0 Å². The third-order valence-electron chi connectivity index (χ3n) is 18.4. The van der Waals surface area contributed by atoms with E-state index in [1.54, 1.807) is 0 Å². The fourth-order valence-corrected chi connectivity index (χ4v) is 13.0. The Labute approximate surface area is 457 Å². The van der Waals surface area contributed by atoms with Crippen LogP contribution in [0.3, 0.4) is 0 Å². The summed E-state index contributed by atoms with van der Waals surface area (Å²) in [7, 11) is 0. The summed E-state index contributed by atoms with van der Waals surface area (Å²) in [5.74, 6) is 0.272. The van der Waals surface area contributed by atoms with Gasteiger partial charge < -0.3 is 9.80 Å². The Morgan fingerprint density at radius 3 is 1.47 bits per heavy atom. The van der Waals surface area contributed by atoms with Crippen molar-refractivity contribution in [1.82, 2.24) is 0 Å². The van der Waals surface area contributed by atoms with Gasteiger partial charge in [0, 0.05) is 44.8 Å². The number of fused-ring (bicyclic) bond motifs is 5. The second kappa shape index (κ2) is 18.0. The number of hydrogen-bond donors (Lipinski definition) is 0. The van der Waals surface area contributed by atoms with E-state index in [1.165, 1.54) is 112 Å². The molecule has 2 aliphatic heterocycles. The Kier molecular flexibility index (Phi) is 12.2. The van der Waals surface area contributed by atoms with Gasteiger partial charge in [0.1, 0.15) is 0 Å². The van der Waals surface area contributed by atoms with Crippen molar-refractivity contribution in [3.63, 3.8) is 0 Å². The fraction of sp³-hybridized carbons (Fsp3) is 0.342. The predicted molar refractivity (Wildman–Crippen MR) is 330 cm³/mol. The summed E-state index contributed by atoms with van der Waals surface area (Å²) in [5, 5.41) is 0. The van der Waals surface area contributed by atoms with E-state index in [-0.39, 0.29) is 45.1 Å². The molecular weight excluding hydrogens is 916 g/mol. The van der Waals surface area contributed by atoms with Crippen molar-refractivity contribution >= 4 is 57.2 Å². The Morgan fingerprint density at radius 2 is 0.908 bits per heavy atom. The molecule has 2 nitrogen and oxygen atoms in total. The predicted octanol–water partition coefficient (Wildman–Crippen LogP) is 18.2. The maximum Gasteiger partial charge on any atom is 0.252 e. The molecule has 0 atom stereocenters. The van der Waals surface area contributed by atoms with E-state index in [0.717, 1.165) is 12.8 Å². The highest BCUT2D eigenvalue weighted by atomic mass is 15.2. The van der Waals surface area contributed by atoms with Crippen molar-refractivity contribution in [2.45, 2.75) is 162 Å². The van der Waals surface area contributed by atoms with Crippen LogP contribution in [0.1, 0.15) is 180 Å². The van der Waals surface area contributed by atoms with Gasteiger partial charge in [0.25, 0.3) is 6.71 Å². The van der Waals surface area contributed by atoms with Crippen LogP contribution in [0, 0.1) is 0 Å². The second-order valence-corrected chi connectivity index (χ2v) is 27.6. The summed E-state index contributed by atoms with van der Waals surface area (Å²) in [4.78, 5) is 5.38. The molecule has 0 amide bonds. The van der Waals surface area contributed by atoms with Gasteiger partial charge in [-0.05, 0) is 161 Å². The van der Waals surface area contributed by atoms with E-state index in [9.17, 15) is 0 Å². The summed E-state index contributed by atoms with van der Waals surface area (Å²) in [6.07, 6.45) is 2.30. The first-order valence-electron chi connectivity index (χ1n) is 28.4. The Bertz CT molecular complexity index is 3520. The molecule has 0 N–H and O–H groups in total. The van der Waals surface area contributed by atoms with Gasteiger partial charge in [-0.1, -0.05) is 232 Å². The molecule has 0 spiro atoms. The van der Waals surface area contributed by atoms with Crippen LogP contribution in [0.2, 0.25) is 0 Å². The zero-order chi connectivity index (χ0) is 54.1. The first-order valence-corrected chi connectivity index (χ1v) is 28.4. The molecule has 8 aromatic rings. The van der Waals surface area contributed by atoms with Crippen LogP contribution in [0.4, 0.5) is 34.1 Å². The number of anilines is 6. The lowest BCUT2D eigenvalue weighted by Crippen LogP contribution is -2.62. The molecule has 3 aliphatic rings. The molecule has 0 aromatic heterocycles. The highest BCUT2D eigenvalue weighted by Gasteiger charge is 2.47. The molecule has 2 heterocycles. The van der Waals surface area contributed by atoms with Crippen molar-refractivity contribution in [3.8, 4) is 11.1 Å². The zero-order valence-corrected chi connectivity index (χ0v) is 48.6. The van der Waals surface area contributed by atoms with Crippen molar-refractivity contribution in [2.24, 2.45) is 0 Å². The van der Waals surface area contributed by atoms with E-state index in [2.05, 4.69) is 290 Å². The first-order chi connectivity index (χ1) is 35.8. The smallest absolute Gasteiger partial charge is 0.252 e. The van der Waals surface area contributed by atoms with Crippen molar-refractivity contribution in [3.05, 3.63) is 220 Å². The third kappa shape index (κ3) is 8.56. The van der Waals surface area contributed by atoms with Crippen LogP contribution in [0.25, 0.3) is 11.1 Å². The Balaban J connectivity index is 1.26. The molecule has 0 saturated carbocycles. The highest BCUT2D eigenvalue weighted by Crippen LogP contribution is 2.53. The van der Waals surface area contributed by atoms with Gasteiger partial charge in [0.05, 0.1) is 5.69 Å². The third-order valence-corrected chi connectivity index (χ3v) is 18.4. The average molecular weight is 997 g/mol. The maximum atomic E-state index is 2.72. The van der Waals surface area contributed by atoms with Gasteiger partial charge in [-0.3, -0.25) is 0 Å². The highest BCUT2D eigenvalue weighted by molar-refractivity contribution is 7.00. The standard InChI is InChI=1S/C73H81BN2/c1-47(2)49-40-65-67-66(41-49)76(62-37-35-53(69(6,7)8)43-57(62)48-30-32-50(33-31-48)68(3,4)5)64-46-59-58(70(9,10)38-39-71(59,11)12)45-61(64)74(67)60-36-34-55(73(15,16)52-26-21-18-22-27-52)44-63(60)75(65)56-29-23-28-54(42-56)72(13,14)51-24-19-17-20-25-51/h17-37,40-47H,38-39H2,1-16H3. The molecule has 0 bridgehead atoms. The van der Waals surface area contributed by atoms with E-state index in [1.807, 2.05) is 0 Å². The Hall–Kier alpha value is -6.58. The molecule has 1 aliphatic carbocycles. The van der Waals surface area contributed by atoms with E-state index in [0.29, 0.717) is 0 Å². The topological polar surface area (TPSA) is 6.48 Å². The average Bonchev–Trinajstić information content (AvgIpc) is 3.45. The minimum Gasteiger partial charge on any atom is -0.311 e. The van der Waals surface area contributed by atoms with Gasteiger partial charge in [-0.15, -0.1) is 0 Å². The number of benzene rings is 8. The lowest BCUT2D eigenvalue weighted by molar-refractivity contribution is 0.332. The molecule has 386 valence electrons. The van der Waals surface area contributed by atoms with Gasteiger partial charge in [0.15, 0.2) is 0 Å². The minimum atomic E-state index is -0.249. The van der Waals surface area contributed by atoms with Crippen LogP contribution >= 0.6 is 0 Å². The molecular formula is C73H81BN2. The molecule has 76 heavy (non-hydrogen) atoms. The monoisotopic (exact) mass is 997 g/mol. The largest absolute Gasteiger partial charge is 0.311 e. The number of hydrogen-bond acceptors (Lipinski definition) is 2. The summed E-state index contributed by atoms with van der Waals surface area (Å²) in [6.45, 7) is 38.2. The zero-order valence-electron chi connectivity index (χ0n) is 48.6. The van der Waals surface area contributed by atoms with Crippen molar-refractivity contribution < 1.29 is 0 Å². The van der Waals surface area contributed by atoms with Gasteiger partial charge in [-0.2, -0.15) is 0 Å². The van der Waals surface area contributed by atoms with Gasteiger partial charge in [0.2, 0.25) is 0 Å².